The lowest BCUT2D eigenvalue weighted by Gasteiger charge is -2.05. The number of benzene rings is 2. The van der Waals surface area contributed by atoms with E-state index in [-0.39, 0.29) is 10.5 Å². The topological polar surface area (TPSA) is 51.2 Å². The number of hydrogen-bond acceptors (Lipinski definition) is 3. The molecular formula is C15H13FO3S. The van der Waals surface area contributed by atoms with Crippen LogP contribution in [0, 0.1) is 12.7 Å². The van der Waals surface area contributed by atoms with Crippen LogP contribution in [0.25, 0.3) is 0 Å². The fraction of sp³-hybridized carbons (Fsp3) is 0.133. The zero-order valence-electron chi connectivity index (χ0n) is 10.8. The fourth-order valence-electron chi connectivity index (χ4n) is 1.81. The predicted molar refractivity (Wildman–Crippen MR) is 74.0 cm³/mol. The molecule has 0 fully saturated rings. The summed E-state index contributed by atoms with van der Waals surface area (Å²) in [7, 11) is -3.71. The Kier molecular flexibility index (Phi) is 3.99. The zero-order valence-corrected chi connectivity index (χ0v) is 11.7. The van der Waals surface area contributed by atoms with Crippen LogP contribution >= 0.6 is 0 Å². The third-order valence-electron chi connectivity index (χ3n) is 2.82. The van der Waals surface area contributed by atoms with E-state index in [2.05, 4.69) is 0 Å². The van der Waals surface area contributed by atoms with E-state index in [1.165, 1.54) is 30.3 Å². The molecule has 2 aromatic rings. The van der Waals surface area contributed by atoms with Gasteiger partial charge in [-0.1, -0.05) is 24.3 Å². The molecule has 0 atom stereocenters. The monoisotopic (exact) mass is 292 g/mol. The standard InChI is InChI=1S/C15H13FO3S/c1-11-4-2-7-14(8-11)20(18,19)10-15(17)12-5-3-6-13(16)9-12/h2-9H,10H2,1H3. The number of halogens is 1. The molecule has 0 aromatic heterocycles. The van der Waals surface area contributed by atoms with Crippen molar-refractivity contribution in [2.45, 2.75) is 11.8 Å². The van der Waals surface area contributed by atoms with Gasteiger partial charge in [0.25, 0.3) is 0 Å². The highest BCUT2D eigenvalue weighted by molar-refractivity contribution is 7.92. The first-order valence-electron chi connectivity index (χ1n) is 5.97. The average Bonchev–Trinajstić information content (AvgIpc) is 2.38. The molecule has 0 aliphatic heterocycles. The average molecular weight is 292 g/mol. The number of hydrogen-bond donors (Lipinski definition) is 0. The molecule has 0 saturated carbocycles. The van der Waals surface area contributed by atoms with Crippen molar-refractivity contribution in [2.75, 3.05) is 5.75 Å². The van der Waals surface area contributed by atoms with Crippen molar-refractivity contribution in [1.29, 1.82) is 0 Å². The SMILES string of the molecule is Cc1cccc(S(=O)(=O)CC(=O)c2cccc(F)c2)c1. The van der Waals surface area contributed by atoms with Gasteiger partial charge < -0.3 is 0 Å². The Balaban J connectivity index is 2.27. The third kappa shape index (κ3) is 3.30. The van der Waals surface area contributed by atoms with Gasteiger partial charge >= 0.3 is 0 Å². The summed E-state index contributed by atoms with van der Waals surface area (Å²) in [6.45, 7) is 1.77. The van der Waals surface area contributed by atoms with Gasteiger partial charge in [-0.2, -0.15) is 0 Å². The number of carbonyl (C=O) groups is 1. The molecule has 5 heteroatoms. The lowest BCUT2D eigenvalue weighted by atomic mass is 10.1. The summed E-state index contributed by atoms with van der Waals surface area (Å²) in [5.74, 6) is -1.85. The van der Waals surface area contributed by atoms with E-state index in [0.29, 0.717) is 0 Å². The summed E-state index contributed by atoms with van der Waals surface area (Å²) in [6, 6.07) is 11.4. The molecule has 0 amide bonds. The summed E-state index contributed by atoms with van der Waals surface area (Å²) < 4.78 is 37.3. The molecule has 2 rings (SSSR count). The van der Waals surface area contributed by atoms with Crippen molar-refractivity contribution >= 4 is 15.6 Å². The molecule has 0 unspecified atom stereocenters. The largest absolute Gasteiger partial charge is 0.293 e. The molecule has 0 aliphatic carbocycles. The predicted octanol–water partition coefficient (Wildman–Crippen LogP) is 2.79. The highest BCUT2D eigenvalue weighted by atomic mass is 32.2. The van der Waals surface area contributed by atoms with Crippen molar-refractivity contribution in [1.82, 2.24) is 0 Å². The van der Waals surface area contributed by atoms with Gasteiger partial charge in [-0.3, -0.25) is 4.79 Å². The Bertz CT molecular complexity index is 751. The summed E-state index contributed by atoms with van der Waals surface area (Å²) in [5.41, 5.74) is 0.852. The van der Waals surface area contributed by atoms with E-state index >= 15 is 0 Å². The van der Waals surface area contributed by atoms with E-state index in [1.54, 1.807) is 19.1 Å². The van der Waals surface area contributed by atoms with Gasteiger partial charge in [-0.15, -0.1) is 0 Å². The van der Waals surface area contributed by atoms with Gasteiger partial charge in [0, 0.05) is 5.56 Å². The van der Waals surface area contributed by atoms with Crippen LogP contribution < -0.4 is 0 Å². The maximum Gasteiger partial charge on any atom is 0.185 e. The first-order chi connectivity index (χ1) is 9.38. The van der Waals surface area contributed by atoms with Crippen molar-refractivity contribution in [3.8, 4) is 0 Å². The second kappa shape index (κ2) is 5.54. The molecule has 104 valence electrons. The van der Waals surface area contributed by atoms with Crippen molar-refractivity contribution in [3.05, 3.63) is 65.5 Å². The third-order valence-corrected chi connectivity index (χ3v) is 4.43. The molecule has 3 nitrogen and oxygen atoms in total. The Morgan fingerprint density at radius 3 is 2.45 bits per heavy atom. The van der Waals surface area contributed by atoms with E-state index in [4.69, 9.17) is 0 Å². The van der Waals surface area contributed by atoms with Crippen LogP contribution in [0.1, 0.15) is 15.9 Å². The number of rotatable bonds is 4. The van der Waals surface area contributed by atoms with Gasteiger partial charge in [0.15, 0.2) is 15.6 Å². The van der Waals surface area contributed by atoms with E-state index in [9.17, 15) is 17.6 Å². The van der Waals surface area contributed by atoms with E-state index in [1.807, 2.05) is 0 Å². The number of sulfone groups is 1. The van der Waals surface area contributed by atoms with Gasteiger partial charge in [0.05, 0.1) is 4.90 Å². The number of carbonyl (C=O) groups excluding carboxylic acids is 1. The van der Waals surface area contributed by atoms with Crippen LogP contribution in [-0.4, -0.2) is 20.0 Å². The fourth-order valence-corrected chi connectivity index (χ4v) is 3.14. The maximum atomic E-state index is 13.0. The van der Waals surface area contributed by atoms with Crippen LogP contribution in [-0.2, 0) is 9.84 Å². The molecular weight excluding hydrogens is 279 g/mol. The van der Waals surface area contributed by atoms with Crippen molar-refractivity contribution in [3.63, 3.8) is 0 Å². The van der Waals surface area contributed by atoms with Crippen LogP contribution in [0.15, 0.2) is 53.4 Å². The van der Waals surface area contributed by atoms with Gasteiger partial charge in [-0.05, 0) is 36.8 Å². The van der Waals surface area contributed by atoms with Gasteiger partial charge in [-0.25, -0.2) is 12.8 Å². The first kappa shape index (κ1) is 14.4. The van der Waals surface area contributed by atoms with E-state index in [0.717, 1.165) is 11.6 Å². The molecule has 20 heavy (non-hydrogen) atoms. The summed E-state index contributed by atoms with van der Waals surface area (Å²) >= 11 is 0. The number of Topliss-reactive ketones (excluding diaryl/α,β-unsaturated/α-hetero) is 1. The van der Waals surface area contributed by atoms with Crippen LogP contribution in [0.4, 0.5) is 4.39 Å². The minimum Gasteiger partial charge on any atom is -0.293 e. The zero-order chi connectivity index (χ0) is 14.8. The lowest BCUT2D eigenvalue weighted by Crippen LogP contribution is -2.16. The minimum absolute atomic E-state index is 0.0567. The quantitative estimate of drug-likeness (QED) is 0.814. The Labute approximate surface area is 117 Å². The maximum absolute atomic E-state index is 13.0. The normalized spacial score (nSPS) is 11.3. The van der Waals surface area contributed by atoms with E-state index < -0.39 is 27.2 Å². The summed E-state index contributed by atoms with van der Waals surface area (Å²) in [6.07, 6.45) is 0. The highest BCUT2D eigenvalue weighted by Gasteiger charge is 2.20. The molecule has 0 bridgehead atoms. The molecule has 0 aliphatic rings. The molecule has 0 saturated heterocycles. The highest BCUT2D eigenvalue weighted by Crippen LogP contribution is 2.15. The summed E-state index contributed by atoms with van der Waals surface area (Å²) in [5, 5.41) is 0. The first-order valence-corrected chi connectivity index (χ1v) is 7.62. The minimum atomic E-state index is -3.71. The Morgan fingerprint density at radius 2 is 1.80 bits per heavy atom. The van der Waals surface area contributed by atoms with Crippen LogP contribution in [0.2, 0.25) is 0 Å². The summed E-state index contributed by atoms with van der Waals surface area (Å²) in [4.78, 5) is 12.0. The molecule has 0 heterocycles. The smallest absolute Gasteiger partial charge is 0.185 e. The van der Waals surface area contributed by atoms with Crippen LogP contribution in [0.3, 0.4) is 0 Å². The molecule has 0 N–H and O–H groups in total. The number of ketones is 1. The molecule has 0 spiro atoms. The van der Waals surface area contributed by atoms with Gasteiger partial charge in [0.2, 0.25) is 0 Å². The van der Waals surface area contributed by atoms with Crippen LogP contribution in [0.5, 0.6) is 0 Å². The Morgan fingerprint density at radius 1 is 1.10 bits per heavy atom. The van der Waals surface area contributed by atoms with Gasteiger partial charge in [0.1, 0.15) is 11.6 Å². The molecule has 2 aromatic carbocycles. The van der Waals surface area contributed by atoms with Crippen molar-refractivity contribution < 1.29 is 17.6 Å². The second-order valence-corrected chi connectivity index (χ2v) is 6.50. The second-order valence-electron chi connectivity index (χ2n) is 4.51. The molecule has 0 radical (unpaired) electrons. The Hall–Kier alpha value is -2.01. The lowest BCUT2D eigenvalue weighted by molar-refractivity contribution is 0.102. The number of aryl methyl sites for hydroxylation is 1. The van der Waals surface area contributed by atoms with Crippen molar-refractivity contribution in [2.24, 2.45) is 0 Å².